The molecular formula is C27H29NO5. The number of esters is 1. The molecule has 0 spiro atoms. The number of anilines is 1. The number of nitrogens with zero attached hydrogens (tertiary/aromatic N) is 1. The molecule has 33 heavy (non-hydrogen) atoms. The number of benzene rings is 3. The fraction of sp³-hybridized carbons (Fsp3) is 0.333. The van der Waals surface area contributed by atoms with E-state index in [0.717, 1.165) is 33.3 Å². The van der Waals surface area contributed by atoms with Crippen molar-refractivity contribution in [1.29, 1.82) is 0 Å². The van der Waals surface area contributed by atoms with Gasteiger partial charge in [0.1, 0.15) is 11.5 Å². The van der Waals surface area contributed by atoms with Gasteiger partial charge in [-0.2, -0.15) is 0 Å². The fourth-order valence-electron chi connectivity index (χ4n) is 4.22. The summed E-state index contributed by atoms with van der Waals surface area (Å²) in [4.78, 5) is 27.2. The SMILES string of the molecule is CCOC(=O)Cc1ccc(N2Cc3c(c(OC(C)C)c4ccccc4c3OCC)C2=O)cc1. The van der Waals surface area contributed by atoms with Gasteiger partial charge >= 0.3 is 5.97 Å². The van der Waals surface area contributed by atoms with Crippen LogP contribution in [0.1, 0.15) is 49.2 Å². The Morgan fingerprint density at radius 3 is 2.24 bits per heavy atom. The molecule has 0 aliphatic carbocycles. The Hall–Kier alpha value is -3.54. The van der Waals surface area contributed by atoms with Crippen LogP contribution < -0.4 is 14.4 Å². The van der Waals surface area contributed by atoms with E-state index in [1.807, 2.05) is 69.3 Å². The van der Waals surface area contributed by atoms with Crippen LogP contribution in [0.3, 0.4) is 0 Å². The van der Waals surface area contributed by atoms with Gasteiger partial charge in [0.05, 0.1) is 37.8 Å². The normalized spacial score (nSPS) is 12.9. The molecule has 172 valence electrons. The number of hydrogen-bond acceptors (Lipinski definition) is 5. The van der Waals surface area contributed by atoms with Gasteiger partial charge in [-0.05, 0) is 45.4 Å². The number of ether oxygens (including phenoxy) is 3. The van der Waals surface area contributed by atoms with E-state index in [-0.39, 0.29) is 24.4 Å². The number of hydrogen-bond donors (Lipinski definition) is 0. The molecule has 0 aromatic heterocycles. The van der Waals surface area contributed by atoms with Crippen LogP contribution in [0.25, 0.3) is 10.8 Å². The van der Waals surface area contributed by atoms with Crippen LogP contribution >= 0.6 is 0 Å². The highest BCUT2D eigenvalue weighted by Gasteiger charge is 2.37. The largest absolute Gasteiger partial charge is 0.493 e. The first kappa shape index (κ1) is 22.6. The van der Waals surface area contributed by atoms with E-state index in [2.05, 4.69) is 0 Å². The predicted molar refractivity (Wildman–Crippen MR) is 128 cm³/mol. The molecule has 0 saturated carbocycles. The summed E-state index contributed by atoms with van der Waals surface area (Å²) in [7, 11) is 0. The van der Waals surface area contributed by atoms with Crippen LogP contribution in [0.15, 0.2) is 48.5 Å². The molecule has 3 aromatic rings. The average molecular weight is 448 g/mol. The molecular weight excluding hydrogens is 418 g/mol. The van der Waals surface area contributed by atoms with Crippen LogP contribution in [0.2, 0.25) is 0 Å². The van der Waals surface area contributed by atoms with Gasteiger partial charge in [0.15, 0.2) is 0 Å². The molecule has 0 atom stereocenters. The Labute approximate surface area is 194 Å². The molecule has 6 heteroatoms. The monoisotopic (exact) mass is 447 g/mol. The molecule has 0 fully saturated rings. The summed E-state index contributed by atoms with van der Waals surface area (Å²) in [5.41, 5.74) is 2.99. The summed E-state index contributed by atoms with van der Waals surface area (Å²) in [6.45, 7) is 8.88. The number of rotatable bonds is 8. The summed E-state index contributed by atoms with van der Waals surface area (Å²) in [6, 6.07) is 15.3. The molecule has 0 bridgehead atoms. The molecule has 1 aliphatic rings. The van der Waals surface area contributed by atoms with Gasteiger partial charge in [-0.1, -0.05) is 36.4 Å². The fourth-order valence-corrected chi connectivity index (χ4v) is 4.22. The zero-order valence-corrected chi connectivity index (χ0v) is 19.5. The van der Waals surface area contributed by atoms with Crippen LogP contribution in [0.5, 0.6) is 11.5 Å². The highest BCUT2D eigenvalue weighted by atomic mass is 16.5. The number of amides is 1. The van der Waals surface area contributed by atoms with Crippen molar-refractivity contribution >= 4 is 28.3 Å². The third-order valence-corrected chi connectivity index (χ3v) is 5.54. The molecule has 4 rings (SSSR count). The zero-order chi connectivity index (χ0) is 23.5. The van der Waals surface area contributed by atoms with Crippen LogP contribution in [0.4, 0.5) is 5.69 Å². The lowest BCUT2D eigenvalue weighted by Gasteiger charge is -2.19. The van der Waals surface area contributed by atoms with Crippen molar-refractivity contribution in [3.05, 3.63) is 65.2 Å². The lowest BCUT2D eigenvalue weighted by Crippen LogP contribution is -2.23. The van der Waals surface area contributed by atoms with Gasteiger partial charge in [0, 0.05) is 22.0 Å². The zero-order valence-electron chi connectivity index (χ0n) is 19.5. The van der Waals surface area contributed by atoms with Gasteiger partial charge < -0.3 is 19.1 Å². The Kier molecular flexibility index (Phi) is 6.54. The smallest absolute Gasteiger partial charge is 0.310 e. The van der Waals surface area contributed by atoms with Crippen molar-refractivity contribution in [2.24, 2.45) is 0 Å². The second-order valence-electron chi connectivity index (χ2n) is 8.20. The summed E-state index contributed by atoms with van der Waals surface area (Å²) in [5.74, 6) is 0.948. The van der Waals surface area contributed by atoms with E-state index in [1.54, 1.807) is 11.8 Å². The molecule has 3 aromatic carbocycles. The van der Waals surface area contributed by atoms with E-state index in [0.29, 0.717) is 31.1 Å². The maximum atomic E-state index is 13.7. The first-order valence-electron chi connectivity index (χ1n) is 11.4. The molecule has 0 saturated heterocycles. The average Bonchev–Trinajstić information content (AvgIpc) is 3.13. The minimum atomic E-state index is -0.265. The third kappa shape index (κ3) is 4.38. The number of fused-ring (bicyclic) bond motifs is 2. The van der Waals surface area contributed by atoms with Gasteiger partial charge in [-0.3, -0.25) is 9.59 Å². The first-order chi connectivity index (χ1) is 15.9. The van der Waals surface area contributed by atoms with Gasteiger partial charge in [-0.15, -0.1) is 0 Å². The van der Waals surface area contributed by atoms with E-state index >= 15 is 0 Å². The van der Waals surface area contributed by atoms with Crippen molar-refractivity contribution < 1.29 is 23.8 Å². The molecule has 0 N–H and O–H groups in total. The number of carbonyl (C=O) groups is 2. The lowest BCUT2D eigenvalue weighted by molar-refractivity contribution is -0.142. The Morgan fingerprint density at radius 2 is 1.64 bits per heavy atom. The quantitative estimate of drug-likeness (QED) is 0.439. The van der Waals surface area contributed by atoms with E-state index < -0.39 is 0 Å². The van der Waals surface area contributed by atoms with Gasteiger partial charge in [0.2, 0.25) is 0 Å². The van der Waals surface area contributed by atoms with Crippen LogP contribution in [-0.2, 0) is 22.5 Å². The Morgan fingerprint density at radius 1 is 0.970 bits per heavy atom. The number of carbonyl (C=O) groups excluding carboxylic acids is 2. The standard InChI is InChI=1S/C27H29NO5/c1-5-31-23(29)15-18-11-13-19(14-12-18)28-16-22-24(27(28)30)26(33-17(3)4)21-10-8-7-9-20(21)25(22)32-6-2/h7-14,17H,5-6,15-16H2,1-4H3. The summed E-state index contributed by atoms with van der Waals surface area (Å²) >= 11 is 0. The van der Waals surface area contributed by atoms with Gasteiger partial charge in [0.25, 0.3) is 5.91 Å². The van der Waals surface area contributed by atoms with E-state index in [1.165, 1.54) is 0 Å². The van der Waals surface area contributed by atoms with Crippen molar-refractivity contribution in [3.63, 3.8) is 0 Å². The molecule has 1 amide bonds. The summed E-state index contributed by atoms with van der Waals surface area (Å²) in [5, 5.41) is 1.81. The van der Waals surface area contributed by atoms with Crippen LogP contribution in [0, 0.1) is 0 Å². The highest BCUT2D eigenvalue weighted by Crippen LogP contribution is 2.46. The molecule has 1 aliphatic heterocycles. The summed E-state index contributed by atoms with van der Waals surface area (Å²) in [6.07, 6.45) is 0.119. The molecule has 6 nitrogen and oxygen atoms in total. The maximum Gasteiger partial charge on any atom is 0.310 e. The maximum absolute atomic E-state index is 13.7. The van der Waals surface area contributed by atoms with Crippen molar-refractivity contribution in [1.82, 2.24) is 0 Å². The topological polar surface area (TPSA) is 65.1 Å². The molecule has 0 unspecified atom stereocenters. The lowest BCUT2D eigenvalue weighted by atomic mass is 9.99. The third-order valence-electron chi connectivity index (χ3n) is 5.54. The van der Waals surface area contributed by atoms with Gasteiger partial charge in [-0.25, -0.2) is 0 Å². The molecule has 1 heterocycles. The Bertz CT molecular complexity index is 1180. The predicted octanol–water partition coefficient (Wildman–Crippen LogP) is 5.29. The Balaban J connectivity index is 1.76. The highest BCUT2D eigenvalue weighted by molar-refractivity contribution is 6.16. The first-order valence-corrected chi connectivity index (χ1v) is 11.4. The minimum Gasteiger partial charge on any atom is -0.493 e. The minimum absolute atomic E-state index is 0.0838. The van der Waals surface area contributed by atoms with E-state index in [4.69, 9.17) is 14.2 Å². The summed E-state index contributed by atoms with van der Waals surface area (Å²) < 4.78 is 17.3. The van der Waals surface area contributed by atoms with Crippen molar-refractivity contribution in [2.45, 2.75) is 46.8 Å². The van der Waals surface area contributed by atoms with Crippen molar-refractivity contribution in [3.8, 4) is 11.5 Å². The molecule has 0 radical (unpaired) electrons. The van der Waals surface area contributed by atoms with Crippen molar-refractivity contribution in [2.75, 3.05) is 18.1 Å². The second kappa shape index (κ2) is 9.53. The van der Waals surface area contributed by atoms with Crippen LogP contribution in [-0.4, -0.2) is 31.2 Å². The van der Waals surface area contributed by atoms with E-state index in [9.17, 15) is 9.59 Å². The second-order valence-corrected chi connectivity index (χ2v) is 8.20.